The number of rotatable bonds is 5. The molecule has 0 aliphatic carbocycles. The van der Waals surface area contributed by atoms with E-state index in [2.05, 4.69) is 15.9 Å². The van der Waals surface area contributed by atoms with Crippen LogP contribution in [0.2, 0.25) is 0 Å². The van der Waals surface area contributed by atoms with Crippen LogP contribution >= 0.6 is 15.9 Å². The normalized spacial score (nSPS) is 10.1. The Morgan fingerprint density at radius 1 is 1.23 bits per heavy atom. The van der Waals surface area contributed by atoms with Crippen molar-refractivity contribution in [1.82, 2.24) is 0 Å². The summed E-state index contributed by atoms with van der Waals surface area (Å²) in [7, 11) is 0. The fourth-order valence-corrected chi connectivity index (χ4v) is 2.25. The van der Waals surface area contributed by atoms with Gasteiger partial charge in [-0.25, -0.2) is 4.79 Å². The molecule has 0 spiro atoms. The Kier molecular flexibility index (Phi) is 5.11. The van der Waals surface area contributed by atoms with Crippen molar-refractivity contribution in [2.24, 2.45) is 0 Å². The van der Waals surface area contributed by atoms with E-state index in [9.17, 15) is 14.9 Å². The maximum atomic E-state index is 12.1. The summed E-state index contributed by atoms with van der Waals surface area (Å²) in [4.78, 5) is 22.4. The molecule has 6 nitrogen and oxygen atoms in total. The number of hydrogen-bond donors (Lipinski definition) is 0. The zero-order valence-electron chi connectivity index (χ0n) is 11.6. The number of ether oxygens (including phenoxy) is 2. The van der Waals surface area contributed by atoms with Gasteiger partial charge in [0.1, 0.15) is 5.75 Å². The van der Waals surface area contributed by atoms with Gasteiger partial charge in [-0.15, -0.1) is 0 Å². The van der Waals surface area contributed by atoms with Crippen molar-refractivity contribution in [2.75, 3.05) is 6.61 Å². The van der Waals surface area contributed by atoms with E-state index in [-0.39, 0.29) is 17.0 Å². The lowest BCUT2D eigenvalue weighted by Crippen LogP contribution is -2.10. The molecule has 2 rings (SSSR count). The molecule has 114 valence electrons. The molecule has 0 bridgehead atoms. The molecule has 0 unspecified atom stereocenters. The van der Waals surface area contributed by atoms with Crippen molar-refractivity contribution < 1.29 is 19.2 Å². The van der Waals surface area contributed by atoms with Crippen LogP contribution in [0, 0.1) is 10.1 Å². The Morgan fingerprint density at radius 3 is 2.59 bits per heavy atom. The molecule has 2 aromatic carbocycles. The van der Waals surface area contributed by atoms with E-state index in [1.54, 1.807) is 18.2 Å². The minimum Gasteiger partial charge on any atom is -0.493 e. The molecule has 0 atom stereocenters. The summed E-state index contributed by atoms with van der Waals surface area (Å²) in [5, 5.41) is 10.9. The van der Waals surface area contributed by atoms with Crippen LogP contribution in [0.25, 0.3) is 0 Å². The molecule has 0 amide bonds. The summed E-state index contributed by atoms with van der Waals surface area (Å²) < 4.78 is 11.1. The molecule has 2 aromatic rings. The van der Waals surface area contributed by atoms with Crippen LogP contribution in [-0.4, -0.2) is 17.5 Å². The van der Waals surface area contributed by atoms with Gasteiger partial charge in [-0.1, -0.05) is 12.1 Å². The van der Waals surface area contributed by atoms with Gasteiger partial charge in [0.15, 0.2) is 0 Å². The van der Waals surface area contributed by atoms with Gasteiger partial charge in [0.2, 0.25) is 5.75 Å². The van der Waals surface area contributed by atoms with E-state index >= 15 is 0 Å². The molecule has 0 saturated carbocycles. The second kappa shape index (κ2) is 7.04. The first-order valence-electron chi connectivity index (χ1n) is 6.41. The van der Waals surface area contributed by atoms with Crippen molar-refractivity contribution in [1.29, 1.82) is 0 Å². The van der Waals surface area contributed by atoms with Gasteiger partial charge in [0, 0.05) is 6.07 Å². The molecule has 0 saturated heterocycles. The van der Waals surface area contributed by atoms with Gasteiger partial charge >= 0.3 is 11.7 Å². The number of carbonyl (C=O) groups is 1. The van der Waals surface area contributed by atoms with E-state index in [1.165, 1.54) is 24.3 Å². The highest BCUT2D eigenvalue weighted by Gasteiger charge is 2.18. The first kappa shape index (κ1) is 16.0. The Morgan fingerprint density at radius 2 is 1.95 bits per heavy atom. The summed E-state index contributed by atoms with van der Waals surface area (Å²) in [6, 6.07) is 10.4. The Hall–Kier alpha value is -2.41. The molecule has 0 N–H and O–H groups in total. The highest BCUT2D eigenvalue weighted by atomic mass is 79.9. The number of hydrogen-bond acceptors (Lipinski definition) is 5. The number of nitro benzene ring substituents is 1. The number of benzene rings is 2. The summed E-state index contributed by atoms with van der Waals surface area (Å²) in [6.45, 7) is 2.35. The van der Waals surface area contributed by atoms with Crippen LogP contribution in [-0.2, 0) is 0 Å². The zero-order chi connectivity index (χ0) is 16.1. The topological polar surface area (TPSA) is 78.7 Å². The van der Waals surface area contributed by atoms with Crippen molar-refractivity contribution in [3.05, 3.63) is 62.6 Å². The van der Waals surface area contributed by atoms with Gasteiger partial charge in [-0.3, -0.25) is 10.1 Å². The van der Waals surface area contributed by atoms with Gasteiger partial charge in [0.05, 0.1) is 21.6 Å². The highest BCUT2D eigenvalue weighted by molar-refractivity contribution is 9.10. The second-order valence-electron chi connectivity index (χ2n) is 4.19. The van der Waals surface area contributed by atoms with Crippen LogP contribution in [0.4, 0.5) is 5.69 Å². The number of nitrogens with zero attached hydrogens (tertiary/aromatic N) is 1. The molecule has 7 heteroatoms. The number of nitro groups is 1. The summed E-state index contributed by atoms with van der Waals surface area (Å²) in [6.07, 6.45) is 0. The average Bonchev–Trinajstić information content (AvgIpc) is 2.49. The van der Waals surface area contributed by atoms with Crippen LogP contribution < -0.4 is 9.47 Å². The van der Waals surface area contributed by atoms with E-state index in [1.807, 2.05) is 6.92 Å². The fourth-order valence-electron chi connectivity index (χ4n) is 1.75. The lowest BCUT2D eigenvalue weighted by Gasteiger charge is -2.08. The van der Waals surface area contributed by atoms with Crippen LogP contribution in [0.3, 0.4) is 0 Å². The first-order valence-corrected chi connectivity index (χ1v) is 7.20. The molecule has 22 heavy (non-hydrogen) atoms. The number of para-hydroxylation sites is 2. The number of esters is 1. The monoisotopic (exact) mass is 365 g/mol. The smallest absolute Gasteiger partial charge is 0.343 e. The predicted octanol–water partition coefficient (Wildman–Crippen LogP) is 3.98. The maximum absolute atomic E-state index is 12.1. The first-order chi connectivity index (χ1) is 10.5. The van der Waals surface area contributed by atoms with E-state index < -0.39 is 10.9 Å². The van der Waals surface area contributed by atoms with Crippen molar-refractivity contribution >= 4 is 27.6 Å². The minimum atomic E-state index is -0.682. The molecular formula is C15H12BrNO5. The second-order valence-corrected chi connectivity index (χ2v) is 5.05. The van der Waals surface area contributed by atoms with Crippen molar-refractivity contribution in [3.8, 4) is 11.5 Å². The third kappa shape index (κ3) is 3.62. The Bertz CT molecular complexity index is 717. The SMILES string of the molecule is CCOc1ccc(C(=O)Oc2ccccc2[N+](=O)[O-])cc1Br. The summed E-state index contributed by atoms with van der Waals surface area (Å²) in [5.74, 6) is -0.176. The number of carbonyl (C=O) groups excluding carboxylic acids is 1. The quantitative estimate of drug-likeness (QED) is 0.346. The number of halogens is 1. The van der Waals surface area contributed by atoms with Gasteiger partial charge in [-0.05, 0) is 47.1 Å². The zero-order valence-corrected chi connectivity index (χ0v) is 13.2. The Balaban J connectivity index is 2.23. The lowest BCUT2D eigenvalue weighted by molar-refractivity contribution is -0.385. The average molecular weight is 366 g/mol. The Labute approximate surface area is 134 Å². The van der Waals surface area contributed by atoms with Crippen molar-refractivity contribution in [3.63, 3.8) is 0 Å². The molecule has 0 heterocycles. The van der Waals surface area contributed by atoms with E-state index in [0.717, 1.165) is 0 Å². The highest BCUT2D eigenvalue weighted by Crippen LogP contribution is 2.29. The minimum absolute atomic E-state index is 0.0949. The summed E-state index contributed by atoms with van der Waals surface area (Å²) >= 11 is 3.30. The third-order valence-corrected chi connectivity index (χ3v) is 3.35. The van der Waals surface area contributed by atoms with Crippen LogP contribution in [0.15, 0.2) is 46.9 Å². The standard InChI is InChI=1S/C15H12BrNO5/c1-2-21-13-8-7-10(9-11(13)16)15(18)22-14-6-4-3-5-12(14)17(19)20/h3-9H,2H2,1H3. The molecule has 0 aliphatic rings. The maximum Gasteiger partial charge on any atom is 0.343 e. The van der Waals surface area contributed by atoms with Gasteiger partial charge in [-0.2, -0.15) is 0 Å². The molecular weight excluding hydrogens is 354 g/mol. The summed E-state index contributed by atoms with van der Waals surface area (Å²) in [5.41, 5.74) is -0.00525. The molecule has 0 fully saturated rings. The molecule has 0 aromatic heterocycles. The van der Waals surface area contributed by atoms with E-state index in [0.29, 0.717) is 16.8 Å². The van der Waals surface area contributed by atoms with Crippen LogP contribution in [0.5, 0.6) is 11.5 Å². The lowest BCUT2D eigenvalue weighted by atomic mass is 10.2. The molecule has 0 radical (unpaired) electrons. The largest absolute Gasteiger partial charge is 0.493 e. The molecule has 0 aliphatic heterocycles. The predicted molar refractivity (Wildman–Crippen MR) is 83.4 cm³/mol. The van der Waals surface area contributed by atoms with Gasteiger partial charge in [0.25, 0.3) is 0 Å². The third-order valence-electron chi connectivity index (χ3n) is 2.73. The van der Waals surface area contributed by atoms with Gasteiger partial charge < -0.3 is 9.47 Å². The van der Waals surface area contributed by atoms with Crippen molar-refractivity contribution in [2.45, 2.75) is 6.92 Å². The van der Waals surface area contributed by atoms with Crippen LogP contribution in [0.1, 0.15) is 17.3 Å². The fraction of sp³-hybridized carbons (Fsp3) is 0.133. The van der Waals surface area contributed by atoms with E-state index in [4.69, 9.17) is 9.47 Å².